The van der Waals surface area contributed by atoms with Gasteiger partial charge in [-0.2, -0.15) is 0 Å². The molecule has 0 aromatic heterocycles. The number of hydrogen-bond donors (Lipinski definition) is 1. The summed E-state index contributed by atoms with van der Waals surface area (Å²) in [4.78, 5) is 0. The molecule has 1 aliphatic carbocycles. The third kappa shape index (κ3) is 3.46. The number of ether oxygens (including phenoxy) is 1. The molecule has 2 aliphatic rings. The molecule has 0 aromatic rings. The van der Waals surface area contributed by atoms with E-state index < -0.39 is 0 Å². The average Bonchev–Trinajstić information content (AvgIpc) is 2.60. The Morgan fingerprint density at radius 3 is 2.67 bits per heavy atom. The van der Waals surface area contributed by atoms with E-state index in [-0.39, 0.29) is 0 Å². The normalized spacial score (nSPS) is 36.4. The third-order valence-corrected chi connectivity index (χ3v) is 3.98. The van der Waals surface area contributed by atoms with Crippen molar-refractivity contribution >= 4 is 0 Å². The van der Waals surface area contributed by atoms with Crippen molar-refractivity contribution in [3.05, 3.63) is 0 Å². The summed E-state index contributed by atoms with van der Waals surface area (Å²) in [6.07, 6.45) is 8.08. The maximum absolute atomic E-state index is 5.41. The standard InChI is InChI=1S/C13H25NO/c1-13(2)7-3-4-11(5-8-13)14-12-6-9-15-10-12/h11-12,14H,3-10H2,1-2H3. The Morgan fingerprint density at radius 2 is 1.93 bits per heavy atom. The van der Waals surface area contributed by atoms with E-state index in [1.165, 1.54) is 38.5 Å². The molecule has 1 saturated heterocycles. The first-order valence-corrected chi connectivity index (χ1v) is 6.49. The van der Waals surface area contributed by atoms with Gasteiger partial charge in [0.1, 0.15) is 0 Å². The van der Waals surface area contributed by atoms with Gasteiger partial charge in [-0.3, -0.25) is 0 Å². The highest BCUT2D eigenvalue weighted by Gasteiger charge is 2.26. The minimum Gasteiger partial charge on any atom is -0.380 e. The lowest BCUT2D eigenvalue weighted by Gasteiger charge is -2.23. The monoisotopic (exact) mass is 211 g/mol. The van der Waals surface area contributed by atoms with E-state index in [1.807, 2.05) is 0 Å². The molecule has 2 rings (SSSR count). The first-order valence-electron chi connectivity index (χ1n) is 6.49. The third-order valence-electron chi connectivity index (χ3n) is 3.98. The van der Waals surface area contributed by atoms with Gasteiger partial charge in [0.15, 0.2) is 0 Å². The molecule has 2 unspecified atom stereocenters. The van der Waals surface area contributed by atoms with Gasteiger partial charge in [0.2, 0.25) is 0 Å². The minimum atomic E-state index is 0.572. The summed E-state index contributed by atoms with van der Waals surface area (Å²) in [5.41, 5.74) is 0.572. The van der Waals surface area contributed by atoms with Crippen LogP contribution in [0.3, 0.4) is 0 Å². The zero-order valence-electron chi connectivity index (χ0n) is 10.2. The summed E-state index contributed by atoms with van der Waals surface area (Å²) in [5, 5.41) is 3.77. The van der Waals surface area contributed by atoms with E-state index in [0.29, 0.717) is 11.5 Å². The van der Waals surface area contributed by atoms with E-state index in [0.717, 1.165) is 19.3 Å². The number of nitrogens with one attached hydrogen (secondary N) is 1. The lowest BCUT2D eigenvalue weighted by atomic mass is 9.85. The van der Waals surface area contributed by atoms with Crippen molar-refractivity contribution in [1.29, 1.82) is 0 Å². The van der Waals surface area contributed by atoms with Crippen molar-refractivity contribution < 1.29 is 4.74 Å². The number of rotatable bonds is 2. The van der Waals surface area contributed by atoms with Gasteiger partial charge in [0.25, 0.3) is 0 Å². The van der Waals surface area contributed by atoms with Crippen LogP contribution in [0, 0.1) is 5.41 Å². The van der Waals surface area contributed by atoms with Crippen LogP contribution in [-0.2, 0) is 4.74 Å². The van der Waals surface area contributed by atoms with Gasteiger partial charge in [-0.15, -0.1) is 0 Å². The van der Waals surface area contributed by atoms with E-state index in [2.05, 4.69) is 19.2 Å². The fraction of sp³-hybridized carbons (Fsp3) is 1.00. The Morgan fingerprint density at radius 1 is 1.07 bits per heavy atom. The molecule has 88 valence electrons. The Balaban J connectivity index is 1.78. The SMILES string of the molecule is CC1(C)CCCC(NC2CCOC2)CC1. The Bertz CT molecular complexity index is 197. The molecule has 0 radical (unpaired) electrons. The second kappa shape index (κ2) is 4.84. The summed E-state index contributed by atoms with van der Waals surface area (Å²) in [5.74, 6) is 0. The zero-order chi connectivity index (χ0) is 10.7. The highest BCUT2D eigenvalue weighted by molar-refractivity contribution is 4.83. The first kappa shape index (κ1) is 11.4. The van der Waals surface area contributed by atoms with Gasteiger partial charge in [0, 0.05) is 18.7 Å². The van der Waals surface area contributed by atoms with E-state index >= 15 is 0 Å². The van der Waals surface area contributed by atoms with Crippen molar-refractivity contribution in [1.82, 2.24) is 5.32 Å². The molecule has 0 amide bonds. The minimum absolute atomic E-state index is 0.572. The molecular formula is C13H25NO. The summed E-state index contributed by atoms with van der Waals surface area (Å²) in [7, 11) is 0. The van der Waals surface area contributed by atoms with Crippen molar-refractivity contribution in [3.63, 3.8) is 0 Å². The molecular weight excluding hydrogens is 186 g/mol. The Hall–Kier alpha value is -0.0800. The molecule has 2 fully saturated rings. The molecule has 2 atom stereocenters. The number of hydrogen-bond acceptors (Lipinski definition) is 2. The summed E-state index contributed by atoms with van der Waals surface area (Å²) in [6.45, 7) is 6.71. The molecule has 0 aromatic carbocycles. The van der Waals surface area contributed by atoms with Crippen LogP contribution >= 0.6 is 0 Å². The van der Waals surface area contributed by atoms with E-state index in [9.17, 15) is 0 Å². The molecule has 1 N–H and O–H groups in total. The summed E-state index contributed by atoms with van der Waals surface area (Å²) in [6, 6.07) is 1.38. The van der Waals surface area contributed by atoms with Crippen LogP contribution in [0.25, 0.3) is 0 Å². The van der Waals surface area contributed by atoms with Crippen LogP contribution in [0.15, 0.2) is 0 Å². The molecule has 1 aliphatic heterocycles. The Kier molecular flexibility index (Phi) is 3.68. The summed E-state index contributed by atoms with van der Waals surface area (Å²) >= 11 is 0. The maximum Gasteiger partial charge on any atom is 0.0620 e. The first-order chi connectivity index (χ1) is 7.16. The largest absolute Gasteiger partial charge is 0.380 e. The van der Waals surface area contributed by atoms with Crippen LogP contribution in [-0.4, -0.2) is 25.3 Å². The molecule has 2 nitrogen and oxygen atoms in total. The smallest absolute Gasteiger partial charge is 0.0620 e. The van der Waals surface area contributed by atoms with Crippen molar-refractivity contribution in [2.24, 2.45) is 5.41 Å². The van der Waals surface area contributed by atoms with Gasteiger partial charge in [-0.25, -0.2) is 0 Å². The van der Waals surface area contributed by atoms with Crippen molar-refractivity contribution in [2.45, 2.75) is 64.5 Å². The molecule has 0 bridgehead atoms. The zero-order valence-corrected chi connectivity index (χ0v) is 10.2. The predicted molar refractivity (Wildman–Crippen MR) is 63.0 cm³/mol. The lowest BCUT2D eigenvalue weighted by molar-refractivity contribution is 0.187. The molecule has 15 heavy (non-hydrogen) atoms. The predicted octanol–water partition coefficient (Wildman–Crippen LogP) is 2.72. The lowest BCUT2D eigenvalue weighted by Crippen LogP contribution is -2.38. The van der Waals surface area contributed by atoms with E-state index in [1.54, 1.807) is 0 Å². The fourth-order valence-corrected chi connectivity index (χ4v) is 2.83. The van der Waals surface area contributed by atoms with Crippen LogP contribution < -0.4 is 5.32 Å². The second-order valence-electron chi connectivity index (χ2n) is 6.02. The molecule has 2 heteroatoms. The molecule has 1 saturated carbocycles. The second-order valence-corrected chi connectivity index (χ2v) is 6.02. The fourth-order valence-electron chi connectivity index (χ4n) is 2.83. The highest BCUT2D eigenvalue weighted by Crippen LogP contribution is 2.33. The summed E-state index contributed by atoms with van der Waals surface area (Å²) < 4.78 is 5.41. The topological polar surface area (TPSA) is 21.3 Å². The highest BCUT2D eigenvalue weighted by atomic mass is 16.5. The quantitative estimate of drug-likeness (QED) is 0.709. The van der Waals surface area contributed by atoms with Gasteiger partial charge in [-0.1, -0.05) is 20.3 Å². The van der Waals surface area contributed by atoms with Crippen LogP contribution in [0.1, 0.15) is 52.4 Å². The van der Waals surface area contributed by atoms with Crippen LogP contribution in [0.5, 0.6) is 0 Å². The van der Waals surface area contributed by atoms with Gasteiger partial charge in [0.05, 0.1) is 6.61 Å². The van der Waals surface area contributed by atoms with E-state index in [4.69, 9.17) is 4.74 Å². The van der Waals surface area contributed by atoms with Gasteiger partial charge < -0.3 is 10.1 Å². The van der Waals surface area contributed by atoms with Gasteiger partial charge in [-0.05, 0) is 37.5 Å². The van der Waals surface area contributed by atoms with Crippen molar-refractivity contribution in [3.8, 4) is 0 Å². The average molecular weight is 211 g/mol. The Labute approximate surface area is 93.8 Å². The maximum atomic E-state index is 5.41. The van der Waals surface area contributed by atoms with Crippen LogP contribution in [0.2, 0.25) is 0 Å². The van der Waals surface area contributed by atoms with Gasteiger partial charge >= 0.3 is 0 Å². The van der Waals surface area contributed by atoms with Crippen molar-refractivity contribution in [2.75, 3.05) is 13.2 Å². The molecule has 1 heterocycles. The molecule has 0 spiro atoms. The van der Waals surface area contributed by atoms with Crippen LogP contribution in [0.4, 0.5) is 0 Å².